The topological polar surface area (TPSA) is 55.8 Å². The van der Waals surface area contributed by atoms with Crippen molar-refractivity contribution in [2.75, 3.05) is 6.61 Å². The summed E-state index contributed by atoms with van der Waals surface area (Å²) in [6, 6.07) is 5.87. The number of halogens is 1. The summed E-state index contributed by atoms with van der Waals surface area (Å²) in [6.45, 7) is 0.216. The molecule has 0 spiro atoms. The van der Waals surface area contributed by atoms with Gasteiger partial charge in [0.2, 0.25) is 0 Å². The number of carboxylic acids is 1. The Labute approximate surface area is 91.6 Å². The maximum Gasteiger partial charge on any atom is 0.306 e. The van der Waals surface area contributed by atoms with E-state index in [0.29, 0.717) is 5.56 Å². The Balaban J connectivity index is 2.00. The van der Waals surface area contributed by atoms with Crippen molar-refractivity contribution in [2.24, 2.45) is 0 Å². The molecule has 0 aromatic heterocycles. The average molecular weight is 226 g/mol. The minimum absolute atomic E-state index is 0.105. The van der Waals surface area contributed by atoms with E-state index in [-0.39, 0.29) is 18.8 Å². The Morgan fingerprint density at radius 3 is 3.06 bits per heavy atom. The molecule has 4 nitrogen and oxygen atoms in total. The van der Waals surface area contributed by atoms with E-state index in [9.17, 15) is 9.18 Å². The molecular weight excluding hydrogens is 215 g/mol. The van der Waals surface area contributed by atoms with E-state index in [1.54, 1.807) is 12.1 Å². The Hall–Kier alpha value is -1.46. The van der Waals surface area contributed by atoms with Crippen molar-refractivity contribution < 1.29 is 23.8 Å². The third-order valence-corrected chi connectivity index (χ3v) is 2.27. The third kappa shape index (κ3) is 2.56. The highest BCUT2D eigenvalue weighted by Gasteiger charge is 2.28. The molecule has 0 radical (unpaired) electrons. The smallest absolute Gasteiger partial charge is 0.306 e. The zero-order chi connectivity index (χ0) is 11.5. The molecule has 1 heterocycles. The summed E-state index contributed by atoms with van der Waals surface area (Å²) < 4.78 is 23.5. The lowest BCUT2D eigenvalue weighted by molar-refractivity contribution is -0.140. The summed E-state index contributed by atoms with van der Waals surface area (Å²) in [7, 11) is 0. The fourth-order valence-electron chi connectivity index (χ4n) is 1.58. The highest BCUT2D eigenvalue weighted by molar-refractivity contribution is 5.67. The number of aliphatic carboxylic acids is 1. The molecule has 1 aromatic carbocycles. The minimum Gasteiger partial charge on any atom is -0.481 e. The molecule has 1 saturated heterocycles. The van der Waals surface area contributed by atoms with Crippen molar-refractivity contribution in [3.05, 3.63) is 35.6 Å². The van der Waals surface area contributed by atoms with Gasteiger partial charge in [-0.3, -0.25) is 4.79 Å². The van der Waals surface area contributed by atoms with E-state index in [2.05, 4.69) is 0 Å². The van der Waals surface area contributed by atoms with Gasteiger partial charge in [0.05, 0.1) is 19.1 Å². The average Bonchev–Trinajstić information content (AvgIpc) is 2.65. The Bertz CT molecular complexity index is 393. The number of ether oxygens (including phenoxy) is 2. The van der Waals surface area contributed by atoms with E-state index in [1.165, 1.54) is 12.1 Å². The SMILES string of the molecule is O=C(O)CC1COC(c2cccc(F)c2)O1. The number of carboxylic acid groups (broad SMARTS) is 1. The van der Waals surface area contributed by atoms with Gasteiger partial charge in [0.25, 0.3) is 0 Å². The molecule has 2 atom stereocenters. The molecule has 2 rings (SSSR count). The van der Waals surface area contributed by atoms with E-state index < -0.39 is 18.4 Å². The quantitative estimate of drug-likeness (QED) is 0.852. The van der Waals surface area contributed by atoms with E-state index in [4.69, 9.17) is 14.6 Å². The first-order valence-electron chi connectivity index (χ1n) is 4.89. The first-order chi connectivity index (χ1) is 7.65. The van der Waals surface area contributed by atoms with Gasteiger partial charge in [0, 0.05) is 5.56 Å². The highest BCUT2D eigenvalue weighted by Crippen LogP contribution is 2.28. The number of hydrogen-bond acceptors (Lipinski definition) is 3. The van der Waals surface area contributed by atoms with Crippen LogP contribution in [0.3, 0.4) is 0 Å². The summed E-state index contributed by atoms with van der Waals surface area (Å²) >= 11 is 0. The van der Waals surface area contributed by atoms with Gasteiger partial charge in [-0.2, -0.15) is 0 Å². The second-order valence-corrected chi connectivity index (χ2v) is 3.58. The lowest BCUT2D eigenvalue weighted by Crippen LogP contribution is -2.15. The monoisotopic (exact) mass is 226 g/mol. The second kappa shape index (κ2) is 4.59. The van der Waals surface area contributed by atoms with E-state index >= 15 is 0 Å². The van der Waals surface area contributed by atoms with Gasteiger partial charge in [-0.15, -0.1) is 0 Å². The predicted molar refractivity (Wildman–Crippen MR) is 52.2 cm³/mol. The fourth-order valence-corrected chi connectivity index (χ4v) is 1.58. The molecule has 2 unspecified atom stereocenters. The molecule has 1 N–H and O–H groups in total. The van der Waals surface area contributed by atoms with Gasteiger partial charge in [0.1, 0.15) is 5.82 Å². The molecule has 16 heavy (non-hydrogen) atoms. The van der Waals surface area contributed by atoms with Crippen LogP contribution in [0.25, 0.3) is 0 Å². The van der Waals surface area contributed by atoms with Gasteiger partial charge >= 0.3 is 5.97 Å². The zero-order valence-electron chi connectivity index (χ0n) is 8.43. The van der Waals surface area contributed by atoms with Crippen LogP contribution in [0.1, 0.15) is 18.3 Å². The van der Waals surface area contributed by atoms with Crippen LogP contribution in [0.5, 0.6) is 0 Å². The van der Waals surface area contributed by atoms with Crippen LogP contribution in [0.4, 0.5) is 4.39 Å². The van der Waals surface area contributed by atoms with Crippen LogP contribution >= 0.6 is 0 Å². The van der Waals surface area contributed by atoms with Crippen LogP contribution in [-0.2, 0) is 14.3 Å². The highest BCUT2D eigenvalue weighted by atomic mass is 19.1. The van der Waals surface area contributed by atoms with Crippen molar-refractivity contribution in [1.82, 2.24) is 0 Å². The molecule has 0 amide bonds. The van der Waals surface area contributed by atoms with Crippen LogP contribution in [-0.4, -0.2) is 23.8 Å². The summed E-state index contributed by atoms with van der Waals surface area (Å²) in [5.41, 5.74) is 0.563. The van der Waals surface area contributed by atoms with E-state index in [0.717, 1.165) is 0 Å². The van der Waals surface area contributed by atoms with Gasteiger partial charge in [-0.25, -0.2) is 4.39 Å². The Morgan fingerprint density at radius 2 is 2.38 bits per heavy atom. The van der Waals surface area contributed by atoms with Crippen molar-refractivity contribution in [1.29, 1.82) is 0 Å². The van der Waals surface area contributed by atoms with E-state index in [1.807, 2.05) is 0 Å². The number of hydrogen-bond donors (Lipinski definition) is 1. The van der Waals surface area contributed by atoms with Crippen LogP contribution < -0.4 is 0 Å². The van der Waals surface area contributed by atoms with Crippen molar-refractivity contribution in [3.63, 3.8) is 0 Å². The fraction of sp³-hybridized carbons (Fsp3) is 0.364. The molecule has 86 valence electrons. The molecule has 0 aliphatic carbocycles. The maximum atomic E-state index is 12.9. The molecule has 1 aromatic rings. The van der Waals surface area contributed by atoms with Crippen molar-refractivity contribution in [2.45, 2.75) is 18.8 Å². The molecule has 0 saturated carbocycles. The standard InChI is InChI=1S/C11H11FO4/c12-8-3-1-2-7(4-8)11-15-6-9(16-11)5-10(13)14/h1-4,9,11H,5-6H2,(H,13,14). The Morgan fingerprint density at radius 1 is 1.56 bits per heavy atom. The third-order valence-electron chi connectivity index (χ3n) is 2.27. The van der Waals surface area contributed by atoms with Crippen LogP contribution in [0, 0.1) is 5.82 Å². The van der Waals surface area contributed by atoms with Crippen LogP contribution in [0.2, 0.25) is 0 Å². The summed E-state index contributed by atoms with van der Waals surface area (Å²) in [6.07, 6.45) is -1.24. The van der Waals surface area contributed by atoms with Crippen molar-refractivity contribution >= 4 is 5.97 Å². The zero-order valence-corrected chi connectivity index (χ0v) is 8.43. The molecule has 1 aliphatic rings. The van der Waals surface area contributed by atoms with Gasteiger partial charge in [0.15, 0.2) is 6.29 Å². The molecule has 0 bridgehead atoms. The largest absolute Gasteiger partial charge is 0.481 e. The lowest BCUT2D eigenvalue weighted by atomic mass is 10.2. The summed E-state index contributed by atoms with van der Waals surface area (Å²) in [5.74, 6) is -1.31. The maximum absolute atomic E-state index is 12.9. The predicted octanol–water partition coefficient (Wildman–Crippen LogP) is 1.71. The molecule has 5 heteroatoms. The number of rotatable bonds is 3. The molecular formula is C11H11FO4. The van der Waals surface area contributed by atoms with Crippen LogP contribution in [0.15, 0.2) is 24.3 Å². The number of benzene rings is 1. The summed E-state index contributed by atoms with van der Waals surface area (Å²) in [4.78, 5) is 10.5. The number of carbonyl (C=O) groups is 1. The molecule has 1 fully saturated rings. The van der Waals surface area contributed by atoms with Gasteiger partial charge < -0.3 is 14.6 Å². The first-order valence-corrected chi connectivity index (χ1v) is 4.89. The minimum atomic E-state index is -0.937. The first kappa shape index (κ1) is 11.0. The second-order valence-electron chi connectivity index (χ2n) is 3.58. The van der Waals surface area contributed by atoms with Gasteiger partial charge in [-0.1, -0.05) is 12.1 Å². The summed E-state index contributed by atoms with van der Waals surface area (Å²) in [5, 5.41) is 8.58. The van der Waals surface area contributed by atoms with Gasteiger partial charge in [-0.05, 0) is 12.1 Å². The Kier molecular flexibility index (Phi) is 3.17. The lowest BCUT2D eigenvalue weighted by Gasteiger charge is -2.10. The molecule has 1 aliphatic heterocycles. The van der Waals surface area contributed by atoms with Crippen molar-refractivity contribution in [3.8, 4) is 0 Å². The normalized spacial score (nSPS) is 24.6.